The van der Waals surface area contributed by atoms with Crippen LogP contribution in [0.25, 0.3) is 10.9 Å². The number of nitro benzene ring substituents is 1. The summed E-state index contributed by atoms with van der Waals surface area (Å²) in [6.07, 6.45) is -0.490. The molecule has 0 radical (unpaired) electrons. The number of pyridine rings is 1. The molecule has 0 saturated carbocycles. The number of rotatable bonds is 2. The minimum atomic E-state index is -0.490. The second kappa shape index (κ2) is 5.58. The molecule has 7 heteroatoms. The minimum absolute atomic E-state index is 0.00690. The number of nitro groups is 1. The van der Waals surface area contributed by atoms with Gasteiger partial charge in [-0.1, -0.05) is 12.1 Å². The lowest BCUT2D eigenvalue weighted by Crippen LogP contribution is -2.42. The van der Waals surface area contributed by atoms with Crippen LogP contribution in [-0.2, 0) is 4.74 Å². The second-order valence-electron chi connectivity index (χ2n) is 5.15. The van der Waals surface area contributed by atoms with E-state index in [9.17, 15) is 10.1 Å². The van der Waals surface area contributed by atoms with E-state index in [-0.39, 0.29) is 5.69 Å². The number of para-hydroxylation sites is 1. The summed E-state index contributed by atoms with van der Waals surface area (Å²) in [7, 11) is 0. The first kappa shape index (κ1) is 14.2. The smallest absolute Gasteiger partial charge is 0.295 e. The van der Waals surface area contributed by atoms with E-state index >= 15 is 0 Å². The molecule has 0 N–H and O–H groups in total. The molecule has 1 aliphatic heterocycles. The molecule has 0 amide bonds. The van der Waals surface area contributed by atoms with Gasteiger partial charge < -0.3 is 9.64 Å². The zero-order valence-electron chi connectivity index (χ0n) is 12.0. The van der Waals surface area contributed by atoms with Gasteiger partial charge in [-0.25, -0.2) is 4.98 Å². The maximum Gasteiger partial charge on any atom is 0.295 e. The third-order valence-corrected chi connectivity index (χ3v) is 3.67. The highest BCUT2D eigenvalue weighted by atomic mass is 16.6. The van der Waals surface area contributed by atoms with Crippen LogP contribution in [0.1, 0.15) is 5.69 Å². The third kappa shape index (κ3) is 2.44. The van der Waals surface area contributed by atoms with E-state index in [1.54, 1.807) is 6.07 Å². The Balaban J connectivity index is 2.16. The van der Waals surface area contributed by atoms with Crippen molar-refractivity contribution < 1.29 is 9.66 Å². The Bertz CT molecular complexity index is 784. The summed E-state index contributed by atoms with van der Waals surface area (Å²) in [5, 5.41) is 21.0. The van der Waals surface area contributed by atoms with E-state index in [1.807, 2.05) is 24.0 Å². The van der Waals surface area contributed by atoms with E-state index < -0.39 is 11.0 Å². The minimum Gasteiger partial charge on any atom is -0.365 e. The fourth-order valence-electron chi connectivity index (χ4n) is 2.69. The van der Waals surface area contributed by atoms with Crippen LogP contribution in [0.4, 0.5) is 11.4 Å². The van der Waals surface area contributed by atoms with Crippen molar-refractivity contribution in [3.63, 3.8) is 0 Å². The first-order chi connectivity index (χ1) is 10.6. The summed E-state index contributed by atoms with van der Waals surface area (Å²) in [6.45, 7) is 3.34. The molecule has 1 atom stereocenters. The third-order valence-electron chi connectivity index (χ3n) is 3.67. The van der Waals surface area contributed by atoms with Crippen molar-refractivity contribution in [2.24, 2.45) is 0 Å². The van der Waals surface area contributed by atoms with E-state index in [0.717, 1.165) is 11.1 Å². The molecule has 1 unspecified atom stereocenters. The lowest BCUT2D eigenvalue weighted by atomic mass is 10.1. The predicted octanol–water partition coefficient (Wildman–Crippen LogP) is 2.18. The first-order valence-corrected chi connectivity index (χ1v) is 6.91. The van der Waals surface area contributed by atoms with Crippen LogP contribution in [-0.4, -0.2) is 35.7 Å². The molecule has 1 saturated heterocycles. The van der Waals surface area contributed by atoms with Crippen molar-refractivity contribution in [1.29, 1.82) is 5.26 Å². The zero-order chi connectivity index (χ0) is 15.7. The molecular formula is C15H14N4O3. The zero-order valence-corrected chi connectivity index (χ0v) is 12.0. The van der Waals surface area contributed by atoms with Gasteiger partial charge in [0.1, 0.15) is 0 Å². The van der Waals surface area contributed by atoms with Gasteiger partial charge in [0.05, 0.1) is 24.1 Å². The van der Waals surface area contributed by atoms with E-state index in [4.69, 9.17) is 10.00 Å². The van der Waals surface area contributed by atoms with Crippen molar-refractivity contribution in [3.05, 3.63) is 40.1 Å². The van der Waals surface area contributed by atoms with Crippen LogP contribution in [0.5, 0.6) is 0 Å². The topological polar surface area (TPSA) is 92.3 Å². The Morgan fingerprint density at radius 2 is 2.36 bits per heavy atom. The summed E-state index contributed by atoms with van der Waals surface area (Å²) in [5.41, 5.74) is 1.93. The molecular weight excluding hydrogens is 284 g/mol. The fraction of sp³-hybridized carbons (Fsp3) is 0.333. The second-order valence-corrected chi connectivity index (χ2v) is 5.15. The number of aryl methyl sites for hydroxylation is 1. The number of hydrogen-bond donors (Lipinski definition) is 0. The standard InChI is InChI=1S/C15H14N4O3/c1-10-7-14(18-5-6-22-11(8-16)9-18)12-3-2-4-13(19(20)21)15(12)17-10/h2-4,7,11H,5-6,9H2,1H3. The number of benzene rings is 1. The van der Waals surface area contributed by atoms with Gasteiger partial charge in [-0.3, -0.25) is 10.1 Å². The monoisotopic (exact) mass is 298 g/mol. The number of hydrogen-bond acceptors (Lipinski definition) is 6. The van der Waals surface area contributed by atoms with Crippen LogP contribution >= 0.6 is 0 Å². The van der Waals surface area contributed by atoms with Gasteiger partial charge in [0.2, 0.25) is 0 Å². The lowest BCUT2D eigenvalue weighted by molar-refractivity contribution is -0.383. The van der Waals surface area contributed by atoms with Crippen LogP contribution in [0.3, 0.4) is 0 Å². The Labute approximate surface area is 126 Å². The molecule has 22 heavy (non-hydrogen) atoms. The van der Waals surface area contributed by atoms with Crippen LogP contribution in [0.15, 0.2) is 24.3 Å². The molecule has 3 rings (SSSR count). The number of morpholine rings is 1. The average molecular weight is 298 g/mol. The highest BCUT2D eigenvalue weighted by molar-refractivity contribution is 5.97. The number of anilines is 1. The highest BCUT2D eigenvalue weighted by Crippen LogP contribution is 2.32. The van der Waals surface area contributed by atoms with Crippen LogP contribution < -0.4 is 4.90 Å². The van der Waals surface area contributed by atoms with Crippen molar-refractivity contribution in [3.8, 4) is 6.07 Å². The number of nitriles is 1. The summed E-state index contributed by atoms with van der Waals surface area (Å²) in [6, 6.07) is 8.93. The highest BCUT2D eigenvalue weighted by Gasteiger charge is 2.24. The van der Waals surface area contributed by atoms with Gasteiger partial charge in [-0.15, -0.1) is 0 Å². The molecule has 0 spiro atoms. The quantitative estimate of drug-likeness (QED) is 0.623. The van der Waals surface area contributed by atoms with E-state index in [2.05, 4.69) is 11.1 Å². The maximum absolute atomic E-state index is 11.2. The molecule has 1 aliphatic rings. The van der Waals surface area contributed by atoms with Crippen molar-refractivity contribution >= 4 is 22.3 Å². The fourth-order valence-corrected chi connectivity index (χ4v) is 2.69. The maximum atomic E-state index is 11.2. The molecule has 1 aromatic heterocycles. The predicted molar refractivity (Wildman–Crippen MR) is 80.7 cm³/mol. The SMILES string of the molecule is Cc1cc(N2CCOC(C#N)C2)c2cccc([N+](=O)[O-])c2n1. The molecule has 1 aromatic carbocycles. The molecule has 2 heterocycles. The summed E-state index contributed by atoms with van der Waals surface area (Å²) >= 11 is 0. The number of ether oxygens (including phenoxy) is 1. The number of nitrogens with zero attached hydrogens (tertiary/aromatic N) is 4. The Morgan fingerprint density at radius 1 is 1.55 bits per heavy atom. The van der Waals surface area contributed by atoms with Gasteiger partial charge in [0, 0.05) is 29.4 Å². The normalized spacial score (nSPS) is 18.2. The first-order valence-electron chi connectivity index (χ1n) is 6.91. The van der Waals surface area contributed by atoms with Crippen LogP contribution in [0, 0.1) is 28.4 Å². The largest absolute Gasteiger partial charge is 0.365 e. The Morgan fingerprint density at radius 3 is 3.09 bits per heavy atom. The Kier molecular flexibility index (Phi) is 3.61. The molecule has 2 aromatic rings. The van der Waals surface area contributed by atoms with E-state index in [1.165, 1.54) is 6.07 Å². The number of aromatic nitrogens is 1. The summed E-state index contributed by atoms with van der Waals surface area (Å²) < 4.78 is 5.36. The van der Waals surface area contributed by atoms with Gasteiger partial charge in [0.15, 0.2) is 11.6 Å². The molecule has 112 valence electrons. The van der Waals surface area contributed by atoms with Gasteiger partial charge in [-0.2, -0.15) is 5.26 Å². The summed E-state index contributed by atoms with van der Waals surface area (Å²) in [4.78, 5) is 17.1. The van der Waals surface area contributed by atoms with E-state index in [0.29, 0.717) is 30.9 Å². The van der Waals surface area contributed by atoms with Gasteiger partial charge in [-0.05, 0) is 13.0 Å². The van der Waals surface area contributed by atoms with Gasteiger partial charge >= 0.3 is 0 Å². The molecule has 0 aliphatic carbocycles. The van der Waals surface area contributed by atoms with Crippen LogP contribution in [0.2, 0.25) is 0 Å². The molecule has 0 bridgehead atoms. The van der Waals surface area contributed by atoms with Gasteiger partial charge in [0.25, 0.3) is 5.69 Å². The Hall–Kier alpha value is -2.72. The van der Waals surface area contributed by atoms with Crippen molar-refractivity contribution in [2.75, 3.05) is 24.6 Å². The average Bonchev–Trinajstić information content (AvgIpc) is 2.53. The van der Waals surface area contributed by atoms with Crippen molar-refractivity contribution in [2.45, 2.75) is 13.0 Å². The van der Waals surface area contributed by atoms with Crippen molar-refractivity contribution in [1.82, 2.24) is 4.98 Å². The lowest BCUT2D eigenvalue weighted by Gasteiger charge is -2.32. The molecule has 1 fully saturated rings. The molecule has 7 nitrogen and oxygen atoms in total. The number of fused-ring (bicyclic) bond motifs is 1. The summed E-state index contributed by atoms with van der Waals surface area (Å²) in [5.74, 6) is 0. The number of non-ortho nitro benzene ring substituents is 1.